The molecule has 1 N–H and O–H groups in total. The summed E-state index contributed by atoms with van der Waals surface area (Å²) in [7, 11) is 0. The number of esters is 1. The first-order valence-corrected chi connectivity index (χ1v) is 7.54. The number of halogens is 1. The molecule has 1 saturated carbocycles. The summed E-state index contributed by atoms with van der Waals surface area (Å²) >= 11 is 6.13. The molecule has 0 radical (unpaired) electrons. The van der Waals surface area contributed by atoms with Gasteiger partial charge in [0.25, 0.3) is 0 Å². The molecular weight excluding hydrogens is 276 g/mol. The summed E-state index contributed by atoms with van der Waals surface area (Å²) in [6.07, 6.45) is 5.48. The lowest BCUT2D eigenvalue weighted by Gasteiger charge is -2.29. The standard InChI is InChI=1S/C15H21ClN2O2/c1-3-20-15(19)11-5-4-6-12(9-11)18-13-10(2)7-8-17-14(13)16/h7-8,11-12,18H,3-6,9H2,1-2H3. The van der Waals surface area contributed by atoms with Crippen molar-refractivity contribution in [3.05, 3.63) is 23.0 Å². The molecule has 1 aliphatic rings. The van der Waals surface area contributed by atoms with Crippen LogP contribution in [0.1, 0.15) is 38.2 Å². The molecule has 2 rings (SSSR count). The monoisotopic (exact) mass is 296 g/mol. The molecule has 110 valence electrons. The van der Waals surface area contributed by atoms with Crippen LogP contribution in [0.4, 0.5) is 5.69 Å². The Morgan fingerprint density at radius 2 is 2.35 bits per heavy atom. The van der Waals surface area contributed by atoms with Crippen molar-refractivity contribution < 1.29 is 9.53 Å². The van der Waals surface area contributed by atoms with Crippen molar-refractivity contribution in [3.8, 4) is 0 Å². The van der Waals surface area contributed by atoms with Gasteiger partial charge in [0.2, 0.25) is 0 Å². The van der Waals surface area contributed by atoms with E-state index in [2.05, 4.69) is 10.3 Å². The Morgan fingerprint density at radius 1 is 1.55 bits per heavy atom. The first-order chi connectivity index (χ1) is 9.61. The maximum absolute atomic E-state index is 11.8. The maximum Gasteiger partial charge on any atom is 0.308 e. The van der Waals surface area contributed by atoms with Crippen LogP contribution in [-0.4, -0.2) is 23.6 Å². The number of pyridine rings is 1. The fraction of sp³-hybridized carbons (Fsp3) is 0.600. The van der Waals surface area contributed by atoms with Crippen LogP contribution in [0.2, 0.25) is 5.15 Å². The summed E-state index contributed by atoms with van der Waals surface area (Å²) < 4.78 is 5.12. The van der Waals surface area contributed by atoms with Crippen LogP contribution in [0.3, 0.4) is 0 Å². The number of anilines is 1. The van der Waals surface area contributed by atoms with E-state index in [-0.39, 0.29) is 17.9 Å². The number of aromatic nitrogens is 1. The molecule has 5 heteroatoms. The molecule has 1 aromatic heterocycles. The Balaban J connectivity index is 2.01. The van der Waals surface area contributed by atoms with Crippen LogP contribution in [0.15, 0.2) is 12.3 Å². The third-order valence-corrected chi connectivity index (χ3v) is 4.04. The summed E-state index contributed by atoms with van der Waals surface area (Å²) in [5.74, 6) is -0.0787. The number of hydrogen-bond donors (Lipinski definition) is 1. The van der Waals surface area contributed by atoms with Crippen LogP contribution in [0.25, 0.3) is 0 Å². The first-order valence-electron chi connectivity index (χ1n) is 7.16. The molecule has 1 aliphatic carbocycles. The van der Waals surface area contributed by atoms with E-state index in [0.29, 0.717) is 11.8 Å². The molecule has 0 aromatic carbocycles. The highest BCUT2D eigenvalue weighted by molar-refractivity contribution is 6.32. The number of hydrogen-bond acceptors (Lipinski definition) is 4. The van der Waals surface area contributed by atoms with E-state index in [1.54, 1.807) is 6.20 Å². The minimum absolute atomic E-state index is 0.00282. The number of nitrogens with zero attached hydrogens (tertiary/aromatic N) is 1. The highest BCUT2D eigenvalue weighted by atomic mass is 35.5. The summed E-state index contributed by atoms with van der Waals surface area (Å²) in [5, 5.41) is 3.93. The molecule has 20 heavy (non-hydrogen) atoms. The van der Waals surface area contributed by atoms with Gasteiger partial charge in [-0.05, 0) is 44.7 Å². The van der Waals surface area contributed by atoms with Crippen molar-refractivity contribution in [2.45, 2.75) is 45.6 Å². The normalized spacial score (nSPS) is 22.4. The van der Waals surface area contributed by atoms with Gasteiger partial charge in [0.05, 0.1) is 18.2 Å². The van der Waals surface area contributed by atoms with Crippen LogP contribution < -0.4 is 5.32 Å². The molecule has 4 nitrogen and oxygen atoms in total. The Bertz CT molecular complexity index is 459. The number of nitrogens with one attached hydrogen (secondary N) is 1. The molecular formula is C15H21ClN2O2. The predicted octanol–water partition coefficient (Wildman–Crippen LogP) is 3.58. The third kappa shape index (κ3) is 3.63. The minimum atomic E-state index is -0.0759. The van der Waals surface area contributed by atoms with E-state index >= 15 is 0 Å². The first kappa shape index (κ1) is 15.1. The van der Waals surface area contributed by atoms with Crippen molar-refractivity contribution in [1.29, 1.82) is 0 Å². The molecule has 1 fully saturated rings. The second-order valence-electron chi connectivity index (χ2n) is 5.25. The van der Waals surface area contributed by atoms with Crippen LogP contribution in [0, 0.1) is 12.8 Å². The molecule has 0 spiro atoms. The van der Waals surface area contributed by atoms with E-state index in [1.165, 1.54) is 0 Å². The largest absolute Gasteiger partial charge is 0.466 e. The van der Waals surface area contributed by atoms with Gasteiger partial charge in [0, 0.05) is 12.2 Å². The smallest absolute Gasteiger partial charge is 0.308 e. The van der Waals surface area contributed by atoms with E-state index in [9.17, 15) is 4.79 Å². The summed E-state index contributed by atoms with van der Waals surface area (Å²) in [6, 6.07) is 2.18. The Labute approximate surface area is 124 Å². The Kier molecular flexibility index (Phi) is 5.24. The Hall–Kier alpha value is -1.29. The quantitative estimate of drug-likeness (QED) is 0.681. The zero-order chi connectivity index (χ0) is 14.5. The van der Waals surface area contributed by atoms with Crippen molar-refractivity contribution in [3.63, 3.8) is 0 Å². The minimum Gasteiger partial charge on any atom is -0.466 e. The molecule has 0 aliphatic heterocycles. The summed E-state index contributed by atoms with van der Waals surface area (Å²) in [4.78, 5) is 15.9. The van der Waals surface area contributed by atoms with Gasteiger partial charge in [0.15, 0.2) is 5.15 Å². The zero-order valence-electron chi connectivity index (χ0n) is 12.0. The lowest BCUT2D eigenvalue weighted by Crippen LogP contribution is -2.32. The average molecular weight is 297 g/mol. The zero-order valence-corrected chi connectivity index (χ0v) is 12.7. The lowest BCUT2D eigenvalue weighted by atomic mass is 9.85. The van der Waals surface area contributed by atoms with Gasteiger partial charge in [-0.25, -0.2) is 4.98 Å². The van der Waals surface area contributed by atoms with Crippen LogP contribution in [-0.2, 0) is 9.53 Å². The van der Waals surface area contributed by atoms with Gasteiger partial charge in [0.1, 0.15) is 0 Å². The number of ether oxygens (including phenoxy) is 1. The van der Waals surface area contributed by atoms with Gasteiger partial charge in [-0.3, -0.25) is 4.79 Å². The van der Waals surface area contributed by atoms with Crippen molar-refractivity contribution in [2.75, 3.05) is 11.9 Å². The van der Waals surface area contributed by atoms with Crippen molar-refractivity contribution >= 4 is 23.3 Å². The fourth-order valence-electron chi connectivity index (χ4n) is 2.70. The molecule has 0 bridgehead atoms. The van der Waals surface area contributed by atoms with Gasteiger partial charge in [-0.2, -0.15) is 0 Å². The van der Waals surface area contributed by atoms with Gasteiger partial charge in [-0.1, -0.05) is 18.0 Å². The molecule has 0 amide bonds. The van der Waals surface area contributed by atoms with Gasteiger partial charge >= 0.3 is 5.97 Å². The highest BCUT2D eigenvalue weighted by Gasteiger charge is 2.28. The van der Waals surface area contributed by atoms with Crippen molar-refractivity contribution in [2.24, 2.45) is 5.92 Å². The molecule has 2 unspecified atom stereocenters. The number of carbonyl (C=O) groups is 1. The number of carbonyl (C=O) groups excluding carboxylic acids is 1. The van der Waals surface area contributed by atoms with Crippen molar-refractivity contribution in [1.82, 2.24) is 4.98 Å². The highest BCUT2D eigenvalue weighted by Crippen LogP contribution is 2.30. The maximum atomic E-state index is 11.8. The fourth-order valence-corrected chi connectivity index (χ4v) is 2.96. The van der Waals surface area contributed by atoms with Gasteiger partial charge < -0.3 is 10.1 Å². The second-order valence-corrected chi connectivity index (χ2v) is 5.61. The van der Waals surface area contributed by atoms with Crippen LogP contribution >= 0.6 is 11.6 Å². The van der Waals surface area contributed by atoms with Crippen LogP contribution in [0.5, 0.6) is 0 Å². The van der Waals surface area contributed by atoms with E-state index in [1.807, 2.05) is 19.9 Å². The lowest BCUT2D eigenvalue weighted by molar-refractivity contribution is -0.149. The SMILES string of the molecule is CCOC(=O)C1CCCC(Nc2c(C)ccnc2Cl)C1. The van der Waals surface area contributed by atoms with E-state index in [4.69, 9.17) is 16.3 Å². The summed E-state index contributed by atoms with van der Waals surface area (Å²) in [6.45, 7) is 4.29. The molecule has 1 heterocycles. The molecule has 2 atom stereocenters. The summed E-state index contributed by atoms with van der Waals surface area (Å²) in [5.41, 5.74) is 1.95. The third-order valence-electron chi connectivity index (χ3n) is 3.76. The topological polar surface area (TPSA) is 51.2 Å². The average Bonchev–Trinajstić information content (AvgIpc) is 2.44. The molecule has 1 aromatic rings. The number of aryl methyl sites for hydroxylation is 1. The van der Waals surface area contributed by atoms with E-state index in [0.717, 1.165) is 36.9 Å². The second kappa shape index (κ2) is 6.93. The Morgan fingerprint density at radius 3 is 3.05 bits per heavy atom. The molecule has 0 saturated heterocycles. The number of rotatable bonds is 4. The van der Waals surface area contributed by atoms with E-state index < -0.39 is 0 Å². The predicted molar refractivity (Wildman–Crippen MR) is 80.0 cm³/mol. The van der Waals surface area contributed by atoms with Gasteiger partial charge in [-0.15, -0.1) is 0 Å².